The molecule has 0 spiro atoms. The zero-order valence-electron chi connectivity index (χ0n) is 12.8. The van der Waals surface area contributed by atoms with E-state index in [0.29, 0.717) is 18.6 Å². The van der Waals surface area contributed by atoms with Crippen molar-refractivity contribution in [3.05, 3.63) is 29.6 Å². The molecular formula is C15H18F3N3O2. The highest BCUT2D eigenvalue weighted by Crippen LogP contribution is 2.21. The van der Waals surface area contributed by atoms with Gasteiger partial charge in [-0.25, -0.2) is 18.0 Å². The predicted molar refractivity (Wildman–Crippen MR) is 78.3 cm³/mol. The fourth-order valence-corrected chi connectivity index (χ4v) is 2.44. The van der Waals surface area contributed by atoms with Crippen LogP contribution >= 0.6 is 0 Å². The van der Waals surface area contributed by atoms with Crippen LogP contribution in [0.4, 0.5) is 23.7 Å². The van der Waals surface area contributed by atoms with Crippen LogP contribution in [-0.2, 0) is 4.79 Å². The average molecular weight is 329 g/mol. The van der Waals surface area contributed by atoms with Crippen molar-refractivity contribution in [2.24, 2.45) is 5.92 Å². The number of halogens is 3. The molecule has 8 heteroatoms. The number of hydrogen-bond acceptors (Lipinski definition) is 2. The normalized spacial score (nSPS) is 18.1. The quantitative estimate of drug-likeness (QED) is 0.837. The van der Waals surface area contributed by atoms with E-state index in [0.717, 1.165) is 0 Å². The Kier molecular flexibility index (Phi) is 5.12. The lowest BCUT2D eigenvalue weighted by molar-refractivity contribution is -0.128. The average Bonchev–Trinajstić information content (AvgIpc) is 2.46. The fourth-order valence-electron chi connectivity index (χ4n) is 2.44. The number of hydrogen-bond donors (Lipinski definition) is 2. The zero-order valence-corrected chi connectivity index (χ0v) is 12.8. The maximum Gasteiger partial charge on any atom is 0.322 e. The number of nitrogens with zero attached hydrogens (tertiary/aromatic N) is 1. The van der Waals surface area contributed by atoms with Gasteiger partial charge in [0.25, 0.3) is 0 Å². The molecule has 0 unspecified atom stereocenters. The molecule has 23 heavy (non-hydrogen) atoms. The Morgan fingerprint density at radius 3 is 2.61 bits per heavy atom. The molecule has 1 aromatic carbocycles. The molecule has 0 bridgehead atoms. The van der Waals surface area contributed by atoms with Crippen LogP contribution in [0.25, 0.3) is 0 Å². The second kappa shape index (κ2) is 6.89. The Bertz CT molecular complexity index is 622. The molecule has 1 fully saturated rings. The summed E-state index contributed by atoms with van der Waals surface area (Å²) in [6.07, 6.45) is 0.444. The number of anilines is 1. The van der Waals surface area contributed by atoms with Crippen molar-refractivity contribution in [3.63, 3.8) is 0 Å². The van der Waals surface area contributed by atoms with Crippen molar-refractivity contribution in [2.75, 3.05) is 18.4 Å². The standard InChI is InChI=1S/C15H18F3N3O2/c1-8(2)5-13-14(22)19-3-4-21(13)15(23)20-12-7-10(17)9(16)6-11(12)18/h6-8,13H,3-5H2,1-2H3,(H,19,22)(H,20,23)/t13-/m0/s1. The minimum atomic E-state index is -1.34. The first-order valence-corrected chi connectivity index (χ1v) is 7.29. The molecule has 2 rings (SSSR count). The van der Waals surface area contributed by atoms with Crippen molar-refractivity contribution in [1.29, 1.82) is 0 Å². The maximum atomic E-state index is 13.6. The van der Waals surface area contributed by atoms with Crippen molar-refractivity contribution in [3.8, 4) is 0 Å². The Hall–Kier alpha value is -2.25. The van der Waals surface area contributed by atoms with E-state index < -0.39 is 35.2 Å². The first-order valence-electron chi connectivity index (χ1n) is 7.29. The van der Waals surface area contributed by atoms with Crippen LogP contribution in [-0.4, -0.2) is 36.0 Å². The minimum Gasteiger partial charge on any atom is -0.353 e. The van der Waals surface area contributed by atoms with Gasteiger partial charge >= 0.3 is 6.03 Å². The Balaban J connectivity index is 2.18. The second-order valence-electron chi connectivity index (χ2n) is 5.81. The third-order valence-corrected chi connectivity index (χ3v) is 3.54. The number of carbonyl (C=O) groups is 2. The SMILES string of the molecule is CC(C)C[C@H]1C(=O)NCCN1C(=O)Nc1cc(F)c(F)cc1F. The van der Waals surface area contributed by atoms with Gasteiger partial charge in [0.05, 0.1) is 5.69 Å². The van der Waals surface area contributed by atoms with Crippen molar-refractivity contribution < 1.29 is 22.8 Å². The molecule has 1 heterocycles. The molecule has 0 aliphatic carbocycles. The summed E-state index contributed by atoms with van der Waals surface area (Å²) in [4.78, 5) is 25.5. The highest BCUT2D eigenvalue weighted by molar-refractivity contribution is 5.94. The number of nitrogens with one attached hydrogen (secondary N) is 2. The van der Waals surface area contributed by atoms with E-state index in [1.54, 1.807) is 0 Å². The molecule has 3 amide bonds. The summed E-state index contributed by atoms with van der Waals surface area (Å²) >= 11 is 0. The van der Waals surface area contributed by atoms with Gasteiger partial charge in [0.15, 0.2) is 11.6 Å². The number of piperazine rings is 1. The van der Waals surface area contributed by atoms with Gasteiger partial charge in [-0.1, -0.05) is 13.8 Å². The van der Waals surface area contributed by atoms with Crippen LogP contribution < -0.4 is 10.6 Å². The van der Waals surface area contributed by atoms with Crippen LogP contribution in [0.15, 0.2) is 12.1 Å². The highest BCUT2D eigenvalue weighted by atomic mass is 19.2. The Morgan fingerprint density at radius 2 is 1.96 bits per heavy atom. The molecule has 0 saturated carbocycles. The van der Waals surface area contributed by atoms with Gasteiger partial charge < -0.3 is 15.5 Å². The van der Waals surface area contributed by atoms with Crippen LogP contribution in [0.1, 0.15) is 20.3 Å². The van der Waals surface area contributed by atoms with Crippen LogP contribution in [0.2, 0.25) is 0 Å². The zero-order chi connectivity index (χ0) is 17.1. The topological polar surface area (TPSA) is 61.4 Å². The monoisotopic (exact) mass is 329 g/mol. The third kappa shape index (κ3) is 3.94. The van der Waals surface area contributed by atoms with E-state index in [-0.39, 0.29) is 24.9 Å². The molecule has 1 aliphatic heterocycles. The van der Waals surface area contributed by atoms with Gasteiger partial charge in [-0.15, -0.1) is 0 Å². The summed E-state index contributed by atoms with van der Waals surface area (Å²) in [6.45, 7) is 4.35. The lowest BCUT2D eigenvalue weighted by Crippen LogP contribution is -2.58. The van der Waals surface area contributed by atoms with E-state index >= 15 is 0 Å². The van der Waals surface area contributed by atoms with Gasteiger partial charge in [0, 0.05) is 25.2 Å². The number of amides is 3. The summed E-state index contributed by atoms with van der Waals surface area (Å²) in [7, 11) is 0. The number of urea groups is 1. The van der Waals surface area contributed by atoms with E-state index in [4.69, 9.17) is 0 Å². The molecule has 2 N–H and O–H groups in total. The molecular weight excluding hydrogens is 311 g/mol. The Labute approximate surface area is 131 Å². The summed E-state index contributed by atoms with van der Waals surface area (Å²) < 4.78 is 39.7. The smallest absolute Gasteiger partial charge is 0.322 e. The molecule has 1 atom stereocenters. The lowest BCUT2D eigenvalue weighted by Gasteiger charge is -2.35. The molecule has 5 nitrogen and oxygen atoms in total. The second-order valence-corrected chi connectivity index (χ2v) is 5.81. The number of carbonyl (C=O) groups excluding carboxylic acids is 2. The summed E-state index contributed by atoms with van der Waals surface area (Å²) in [5.41, 5.74) is -0.469. The summed E-state index contributed by atoms with van der Waals surface area (Å²) in [6, 6.07) is -0.476. The van der Waals surface area contributed by atoms with Crippen molar-refractivity contribution in [2.45, 2.75) is 26.3 Å². The number of rotatable bonds is 3. The first kappa shape index (κ1) is 17.1. The van der Waals surface area contributed by atoms with Gasteiger partial charge in [-0.05, 0) is 12.3 Å². The van der Waals surface area contributed by atoms with Crippen LogP contribution in [0, 0.1) is 23.4 Å². The molecule has 1 aromatic rings. The van der Waals surface area contributed by atoms with E-state index in [1.165, 1.54) is 4.90 Å². The van der Waals surface area contributed by atoms with Gasteiger partial charge in [0.1, 0.15) is 11.9 Å². The van der Waals surface area contributed by atoms with Crippen LogP contribution in [0.3, 0.4) is 0 Å². The Morgan fingerprint density at radius 1 is 1.30 bits per heavy atom. The summed E-state index contributed by atoms with van der Waals surface area (Å²) in [5.74, 6) is -3.81. The van der Waals surface area contributed by atoms with E-state index in [2.05, 4.69) is 10.6 Å². The summed E-state index contributed by atoms with van der Waals surface area (Å²) in [5, 5.41) is 4.87. The first-order chi connectivity index (χ1) is 10.8. The predicted octanol–water partition coefficient (Wildman–Crippen LogP) is 2.48. The van der Waals surface area contributed by atoms with Gasteiger partial charge in [-0.3, -0.25) is 4.79 Å². The van der Waals surface area contributed by atoms with Gasteiger partial charge in [-0.2, -0.15) is 0 Å². The van der Waals surface area contributed by atoms with E-state index in [1.807, 2.05) is 13.8 Å². The van der Waals surface area contributed by atoms with Crippen molar-refractivity contribution >= 4 is 17.6 Å². The van der Waals surface area contributed by atoms with Gasteiger partial charge in [0.2, 0.25) is 5.91 Å². The lowest BCUT2D eigenvalue weighted by atomic mass is 10.0. The van der Waals surface area contributed by atoms with Crippen molar-refractivity contribution in [1.82, 2.24) is 10.2 Å². The molecule has 0 aromatic heterocycles. The third-order valence-electron chi connectivity index (χ3n) is 3.54. The maximum absolute atomic E-state index is 13.6. The molecule has 1 aliphatic rings. The number of benzene rings is 1. The van der Waals surface area contributed by atoms with E-state index in [9.17, 15) is 22.8 Å². The molecule has 1 saturated heterocycles. The molecule has 126 valence electrons. The van der Waals surface area contributed by atoms with Crippen LogP contribution in [0.5, 0.6) is 0 Å². The largest absolute Gasteiger partial charge is 0.353 e. The fraction of sp³-hybridized carbons (Fsp3) is 0.467. The minimum absolute atomic E-state index is 0.166. The highest BCUT2D eigenvalue weighted by Gasteiger charge is 2.33. The molecule has 0 radical (unpaired) electrons.